The molecular formula is C14H20ClN3O. The summed E-state index contributed by atoms with van der Waals surface area (Å²) in [7, 11) is 3.65. The predicted molar refractivity (Wildman–Crippen MR) is 78.8 cm³/mol. The molecule has 0 spiro atoms. The number of hydrogen-bond acceptors (Lipinski definition) is 4. The Hall–Kier alpha value is -1.10. The van der Waals surface area contributed by atoms with Crippen molar-refractivity contribution in [3.05, 3.63) is 34.5 Å². The molecule has 0 fully saturated rings. The zero-order valence-electron chi connectivity index (χ0n) is 11.4. The van der Waals surface area contributed by atoms with Gasteiger partial charge >= 0.3 is 0 Å². The SMILES string of the molecule is CNCc1cc(N2CC=C(COC)CC2)ncc1Cl. The van der Waals surface area contributed by atoms with Crippen LogP contribution in [0.25, 0.3) is 0 Å². The summed E-state index contributed by atoms with van der Waals surface area (Å²) in [6, 6.07) is 2.06. The third-order valence-corrected chi connectivity index (χ3v) is 3.58. The second kappa shape index (κ2) is 6.89. The van der Waals surface area contributed by atoms with Crippen molar-refractivity contribution >= 4 is 17.4 Å². The molecule has 0 saturated heterocycles. The van der Waals surface area contributed by atoms with E-state index in [1.165, 1.54) is 5.57 Å². The first kappa shape index (κ1) is 14.3. The third kappa shape index (κ3) is 3.69. The van der Waals surface area contributed by atoms with Gasteiger partial charge in [-0.3, -0.25) is 0 Å². The van der Waals surface area contributed by atoms with Gasteiger partial charge in [0.2, 0.25) is 0 Å². The number of pyridine rings is 1. The lowest BCUT2D eigenvalue weighted by Crippen LogP contribution is -2.30. The number of methoxy groups -OCH3 is 1. The number of ether oxygens (including phenoxy) is 1. The Bertz CT molecular complexity index is 462. The van der Waals surface area contributed by atoms with Gasteiger partial charge in [-0.15, -0.1) is 0 Å². The number of aromatic nitrogens is 1. The first-order valence-corrected chi connectivity index (χ1v) is 6.83. The molecule has 1 aliphatic rings. The molecule has 0 aromatic carbocycles. The van der Waals surface area contributed by atoms with Crippen LogP contribution < -0.4 is 10.2 Å². The molecule has 0 unspecified atom stereocenters. The molecule has 104 valence electrons. The van der Waals surface area contributed by atoms with E-state index in [1.807, 2.05) is 7.05 Å². The maximum Gasteiger partial charge on any atom is 0.129 e. The Kier molecular flexibility index (Phi) is 5.19. The quantitative estimate of drug-likeness (QED) is 0.840. The highest BCUT2D eigenvalue weighted by atomic mass is 35.5. The second-order valence-electron chi connectivity index (χ2n) is 4.66. The molecule has 0 amide bonds. The van der Waals surface area contributed by atoms with Crippen LogP contribution in [0.15, 0.2) is 23.9 Å². The Morgan fingerprint density at radius 1 is 1.53 bits per heavy atom. The van der Waals surface area contributed by atoms with E-state index in [4.69, 9.17) is 16.3 Å². The summed E-state index contributed by atoms with van der Waals surface area (Å²) in [5.74, 6) is 0.988. The highest BCUT2D eigenvalue weighted by Crippen LogP contribution is 2.23. The number of anilines is 1. The van der Waals surface area contributed by atoms with Crippen LogP contribution >= 0.6 is 11.6 Å². The summed E-state index contributed by atoms with van der Waals surface area (Å²) < 4.78 is 5.16. The molecule has 19 heavy (non-hydrogen) atoms. The van der Waals surface area contributed by atoms with Gasteiger partial charge in [-0.1, -0.05) is 17.7 Å². The van der Waals surface area contributed by atoms with Crippen molar-refractivity contribution in [2.24, 2.45) is 0 Å². The van der Waals surface area contributed by atoms with E-state index in [0.29, 0.717) is 5.02 Å². The van der Waals surface area contributed by atoms with E-state index in [2.05, 4.69) is 27.3 Å². The average Bonchev–Trinajstić information content (AvgIpc) is 2.43. The number of nitrogens with one attached hydrogen (secondary N) is 1. The minimum absolute atomic E-state index is 0.714. The normalized spacial score (nSPS) is 15.5. The third-order valence-electron chi connectivity index (χ3n) is 3.24. The van der Waals surface area contributed by atoms with Gasteiger partial charge in [-0.2, -0.15) is 0 Å². The minimum atomic E-state index is 0.714. The molecule has 2 heterocycles. The first-order chi connectivity index (χ1) is 9.24. The summed E-state index contributed by atoms with van der Waals surface area (Å²) in [5.41, 5.74) is 2.45. The molecule has 4 nitrogen and oxygen atoms in total. The molecule has 0 aliphatic carbocycles. The average molecular weight is 282 g/mol. The number of hydrogen-bond donors (Lipinski definition) is 1. The standard InChI is InChI=1S/C14H20ClN3O/c1-16-8-12-7-14(17-9-13(12)15)18-5-3-11(4-6-18)10-19-2/h3,7,9,16H,4-6,8,10H2,1-2H3. The van der Waals surface area contributed by atoms with Gasteiger partial charge in [0.15, 0.2) is 0 Å². The summed E-state index contributed by atoms with van der Waals surface area (Å²) in [5, 5.41) is 3.83. The van der Waals surface area contributed by atoms with Crippen LogP contribution in [0, 0.1) is 0 Å². The Labute approximate surface area is 119 Å². The van der Waals surface area contributed by atoms with E-state index in [-0.39, 0.29) is 0 Å². The minimum Gasteiger partial charge on any atom is -0.380 e. The van der Waals surface area contributed by atoms with Crippen molar-refractivity contribution < 1.29 is 4.74 Å². The highest BCUT2D eigenvalue weighted by Gasteiger charge is 2.14. The van der Waals surface area contributed by atoms with Crippen LogP contribution in [0.5, 0.6) is 0 Å². The van der Waals surface area contributed by atoms with Gasteiger partial charge in [-0.25, -0.2) is 4.98 Å². The van der Waals surface area contributed by atoms with Crippen molar-refractivity contribution in [2.45, 2.75) is 13.0 Å². The number of nitrogens with zero attached hydrogens (tertiary/aromatic N) is 2. The van der Waals surface area contributed by atoms with Crippen LogP contribution in [0.4, 0.5) is 5.82 Å². The molecule has 1 aromatic heterocycles. The lowest BCUT2D eigenvalue weighted by atomic mass is 10.1. The molecule has 0 atom stereocenters. The largest absolute Gasteiger partial charge is 0.380 e. The molecule has 1 aliphatic heterocycles. The highest BCUT2D eigenvalue weighted by molar-refractivity contribution is 6.31. The zero-order chi connectivity index (χ0) is 13.7. The predicted octanol–water partition coefficient (Wildman–Crippen LogP) is 2.24. The topological polar surface area (TPSA) is 37.4 Å². The van der Waals surface area contributed by atoms with E-state index in [1.54, 1.807) is 13.3 Å². The van der Waals surface area contributed by atoms with Crippen molar-refractivity contribution in [1.82, 2.24) is 10.3 Å². The maximum atomic E-state index is 6.13. The molecule has 2 rings (SSSR count). The summed E-state index contributed by atoms with van der Waals surface area (Å²) in [6.45, 7) is 3.34. The summed E-state index contributed by atoms with van der Waals surface area (Å²) in [6.07, 6.45) is 4.98. The molecule has 1 N–H and O–H groups in total. The van der Waals surface area contributed by atoms with Crippen LogP contribution in [0.1, 0.15) is 12.0 Å². The fourth-order valence-electron chi connectivity index (χ4n) is 2.20. The van der Waals surface area contributed by atoms with E-state index in [9.17, 15) is 0 Å². The number of rotatable bonds is 5. The zero-order valence-corrected chi connectivity index (χ0v) is 12.2. The fourth-order valence-corrected chi connectivity index (χ4v) is 2.37. The van der Waals surface area contributed by atoms with E-state index in [0.717, 1.165) is 44.0 Å². The molecule has 1 aromatic rings. The fraction of sp³-hybridized carbons (Fsp3) is 0.500. The van der Waals surface area contributed by atoms with Gasteiger partial charge < -0.3 is 15.0 Å². The van der Waals surface area contributed by atoms with E-state index >= 15 is 0 Å². The van der Waals surface area contributed by atoms with Gasteiger partial charge in [-0.05, 0) is 30.7 Å². The first-order valence-electron chi connectivity index (χ1n) is 6.45. The van der Waals surface area contributed by atoms with Crippen LogP contribution in [0.3, 0.4) is 0 Å². The summed E-state index contributed by atoms with van der Waals surface area (Å²) >= 11 is 6.13. The van der Waals surface area contributed by atoms with Crippen LogP contribution in [-0.4, -0.2) is 38.8 Å². The monoisotopic (exact) mass is 281 g/mol. The maximum absolute atomic E-state index is 6.13. The Balaban J connectivity index is 2.09. The van der Waals surface area contributed by atoms with Crippen molar-refractivity contribution in [3.63, 3.8) is 0 Å². The molecule has 0 radical (unpaired) electrons. The van der Waals surface area contributed by atoms with Crippen molar-refractivity contribution in [1.29, 1.82) is 0 Å². The Morgan fingerprint density at radius 2 is 2.37 bits per heavy atom. The smallest absolute Gasteiger partial charge is 0.129 e. The van der Waals surface area contributed by atoms with Gasteiger partial charge in [0.25, 0.3) is 0 Å². The lowest BCUT2D eigenvalue weighted by Gasteiger charge is -2.27. The Morgan fingerprint density at radius 3 is 3.00 bits per heavy atom. The van der Waals surface area contributed by atoms with Gasteiger partial charge in [0.1, 0.15) is 5.82 Å². The summed E-state index contributed by atoms with van der Waals surface area (Å²) in [4.78, 5) is 6.68. The van der Waals surface area contributed by atoms with Crippen molar-refractivity contribution in [2.75, 3.05) is 38.8 Å². The molecular weight excluding hydrogens is 262 g/mol. The molecule has 0 saturated carbocycles. The lowest BCUT2D eigenvalue weighted by molar-refractivity contribution is 0.222. The van der Waals surface area contributed by atoms with Gasteiger partial charge in [0, 0.05) is 32.9 Å². The number of halogens is 1. The van der Waals surface area contributed by atoms with Gasteiger partial charge in [0.05, 0.1) is 11.6 Å². The van der Waals surface area contributed by atoms with Crippen LogP contribution in [0.2, 0.25) is 5.02 Å². The molecule has 0 bridgehead atoms. The second-order valence-corrected chi connectivity index (χ2v) is 5.06. The van der Waals surface area contributed by atoms with Crippen LogP contribution in [-0.2, 0) is 11.3 Å². The van der Waals surface area contributed by atoms with Crippen molar-refractivity contribution in [3.8, 4) is 0 Å². The van der Waals surface area contributed by atoms with E-state index < -0.39 is 0 Å². The molecule has 5 heteroatoms.